The maximum absolute atomic E-state index is 9.01. The van der Waals surface area contributed by atoms with Gasteiger partial charge < -0.3 is 19.8 Å². The first-order valence-corrected chi connectivity index (χ1v) is 7.77. The van der Waals surface area contributed by atoms with Gasteiger partial charge in [-0.25, -0.2) is 0 Å². The highest BCUT2D eigenvalue weighted by Gasteiger charge is 2.06. The Labute approximate surface area is 126 Å². The normalized spacial score (nSPS) is 12.3. The topological polar surface area (TPSA) is 33.2 Å². The van der Waals surface area contributed by atoms with Crippen LogP contribution in [0.2, 0.25) is 0 Å². The lowest BCUT2D eigenvalue weighted by Crippen LogP contribution is -2.33. The summed E-state index contributed by atoms with van der Waals surface area (Å²) in [4.78, 5) is 9.02. The zero-order valence-corrected chi connectivity index (χ0v) is 14.3. The smallest absolute Gasteiger partial charge is 0.0954 e. The molecule has 0 rings (SSSR count). The van der Waals surface area contributed by atoms with Gasteiger partial charge in [0.05, 0.1) is 6.73 Å². The lowest BCUT2D eigenvalue weighted by Gasteiger charge is -2.25. The van der Waals surface area contributed by atoms with Crippen LogP contribution in [0.25, 0.3) is 0 Å². The van der Waals surface area contributed by atoms with E-state index in [1.807, 2.05) is 11.9 Å². The fraction of sp³-hybridized carbons (Fsp3) is 1.00. The van der Waals surface area contributed by atoms with Gasteiger partial charge >= 0.3 is 0 Å². The molecule has 0 aliphatic heterocycles. The van der Waals surface area contributed by atoms with E-state index >= 15 is 0 Å². The molecule has 0 aliphatic carbocycles. The molecule has 5 nitrogen and oxygen atoms in total. The molecule has 122 valence electrons. The van der Waals surface area contributed by atoms with E-state index in [1.165, 1.54) is 25.9 Å². The van der Waals surface area contributed by atoms with Crippen molar-refractivity contribution in [3.63, 3.8) is 0 Å². The zero-order valence-electron chi connectivity index (χ0n) is 14.3. The molecule has 0 radical (unpaired) electrons. The fourth-order valence-corrected chi connectivity index (χ4v) is 2.19. The van der Waals surface area contributed by atoms with Crippen molar-refractivity contribution in [2.24, 2.45) is 0 Å². The molecular weight excluding hydrogens is 252 g/mol. The third-order valence-corrected chi connectivity index (χ3v) is 3.41. The Bertz CT molecular complexity index is 198. The highest BCUT2D eigenvalue weighted by atomic mass is 16.3. The molecule has 5 heteroatoms. The molecule has 20 heavy (non-hydrogen) atoms. The molecule has 0 aromatic carbocycles. The number of aliphatic hydroxyl groups excluding tert-OH is 1. The molecule has 0 heterocycles. The summed E-state index contributed by atoms with van der Waals surface area (Å²) in [5.41, 5.74) is 0. The Morgan fingerprint density at radius 3 is 1.35 bits per heavy atom. The van der Waals surface area contributed by atoms with E-state index in [0.717, 1.165) is 32.6 Å². The molecule has 0 spiro atoms. The van der Waals surface area contributed by atoms with Gasteiger partial charge in [0.15, 0.2) is 0 Å². The summed E-state index contributed by atoms with van der Waals surface area (Å²) in [5.74, 6) is 0. The van der Waals surface area contributed by atoms with E-state index in [4.69, 9.17) is 5.11 Å². The summed E-state index contributed by atoms with van der Waals surface area (Å²) in [6, 6.07) is 0. The van der Waals surface area contributed by atoms with Crippen molar-refractivity contribution in [3.05, 3.63) is 0 Å². The summed E-state index contributed by atoms with van der Waals surface area (Å²) in [7, 11) is 10.5. The second kappa shape index (κ2) is 12.5. The van der Waals surface area contributed by atoms with Crippen LogP contribution < -0.4 is 0 Å². The average Bonchev–Trinajstić information content (AvgIpc) is 2.37. The van der Waals surface area contributed by atoms with Crippen LogP contribution in [-0.4, -0.2) is 106 Å². The molecular formula is C15H36N4O. The van der Waals surface area contributed by atoms with Crippen LogP contribution in [0.3, 0.4) is 0 Å². The van der Waals surface area contributed by atoms with Crippen LogP contribution in [0.4, 0.5) is 0 Å². The van der Waals surface area contributed by atoms with Gasteiger partial charge in [-0.15, -0.1) is 0 Å². The number of nitrogens with zero attached hydrogens (tertiary/aromatic N) is 4. The Morgan fingerprint density at radius 2 is 1.00 bits per heavy atom. The maximum atomic E-state index is 9.01. The number of aliphatic hydroxyl groups is 1. The van der Waals surface area contributed by atoms with Crippen LogP contribution in [-0.2, 0) is 0 Å². The van der Waals surface area contributed by atoms with Crippen LogP contribution in [0, 0.1) is 0 Å². The van der Waals surface area contributed by atoms with Crippen molar-refractivity contribution in [2.45, 2.75) is 19.3 Å². The van der Waals surface area contributed by atoms with E-state index in [0.29, 0.717) is 0 Å². The third-order valence-electron chi connectivity index (χ3n) is 3.41. The highest BCUT2D eigenvalue weighted by molar-refractivity contribution is 4.62. The minimum Gasteiger partial charge on any atom is -0.381 e. The number of hydrogen-bond acceptors (Lipinski definition) is 5. The monoisotopic (exact) mass is 288 g/mol. The first-order valence-electron chi connectivity index (χ1n) is 7.77. The second-order valence-corrected chi connectivity index (χ2v) is 6.23. The second-order valence-electron chi connectivity index (χ2n) is 6.23. The van der Waals surface area contributed by atoms with Gasteiger partial charge in [-0.2, -0.15) is 0 Å². The summed E-state index contributed by atoms with van der Waals surface area (Å²) in [6.45, 7) is 6.91. The number of rotatable bonds is 13. The lowest BCUT2D eigenvalue weighted by atomic mass is 10.2. The molecule has 0 unspecified atom stereocenters. The molecule has 0 aromatic rings. The van der Waals surface area contributed by atoms with Crippen LogP contribution >= 0.6 is 0 Å². The molecule has 0 saturated carbocycles. The standard InChI is InChI=1S/C15H36N4O/c1-16(2)9-6-12-19(13-7-10-17(3)4)14-8-11-18(5)15-20/h20H,6-15H2,1-5H3. The van der Waals surface area contributed by atoms with Gasteiger partial charge in [-0.1, -0.05) is 0 Å². The van der Waals surface area contributed by atoms with Crippen molar-refractivity contribution in [1.29, 1.82) is 0 Å². The Hall–Kier alpha value is -0.200. The molecule has 0 amide bonds. The van der Waals surface area contributed by atoms with Gasteiger partial charge in [0, 0.05) is 6.54 Å². The average molecular weight is 288 g/mol. The molecule has 0 aromatic heterocycles. The van der Waals surface area contributed by atoms with Crippen LogP contribution in [0.1, 0.15) is 19.3 Å². The van der Waals surface area contributed by atoms with Crippen molar-refractivity contribution < 1.29 is 5.11 Å². The molecule has 0 aliphatic rings. The van der Waals surface area contributed by atoms with E-state index in [2.05, 4.69) is 42.9 Å². The van der Waals surface area contributed by atoms with Crippen molar-refractivity contribution in [2.75, 3.05) is 81.2 Å². The summed E-state index contributed by atoms with van der Waals surface area (Å²) >= 11 is 0. The van der Waals surface area contributed by atoms with Crippen LogP contribution in [0.15, 0.2) is 0 Å². The fourth-order valence-electron chi connectivity index (χ4n) is 2.19. The van der Waals surface area contributed by atoms with Gasteiger partial charge in [-0.05, 0) is 87.2 Å². The third kappa shape index (κ3) is 12.8. The van der Waals surface area contributed by atoms with Crippen molar-refractivity contribution >= 4 is 0 Å². The summed E-state index contributed by atoms with van der Waals surface area (Å²) in [6.07, 6.45) is 3.58. The Balaban J connectivity index is 3.90. The first kappa shape index (κ1) is 19.8. The zero-order chi connectivity index (χ0) is 15.4. The van der Waals surface area contributed by atoms with Crippen molar-refractivity contribution in [1.82, 2.24) is 19.6 Å². The van der Waals surface area contributed by atoms with Crippen molar-refractivity contribution in [3.8, 4) is 0 Å². The molecule has 0 saturated heterocycles. The molecule has 0 fully saturated rings. The summed E-state index contributed by atoms with van der Waals surface area (Å²) in [5, 5.41) is 9.01. The predicted molar refractivity (Wildman–Crippen MR) is 87.1 cm³/mol. The molecule has 1 N–H and O–H groups in total. The minimum atomic E-state index is 0.154. The molecule has 0 atom stereocenters. The molecule has 0 bridgehead atoms. The minimum absolute atomic E-state index is 0.154. The predicted octanol–water partition coefficient (Wildman–Crippen LogP) is 0.464. The van der Waals surface area contributed by atoms with Gasteiger partial charge in [0.2, 0.25) is 0 Å². The van der Waals surface area contributed by atoms with E-state index in [9.17, 15) is 0 Å². The largest absolute Gasteiger partial charge is 0.381 e. The van der Waals surface area contributed by atoms with Crippen LogP contribution in [0.5, 0.6) is 0 Å². The summed E-state index contributed by atoms with van der Waals surface area (Å²) < 4.78 is 0. The number of hydrogen-bond donors (Lipinski definition) is 1. The quantitative estimate of drug-likeness (QED) is 0.498. The highest BCUT2D eigenvalue weighted by Crippen LogP contribution is 1.99. The van der Waals surface area contributed by atoms with E-state index < -0.39 is 0 Å². The van der Waals surface area contributed by atoms with Gasteiger partial charge in [-0.3, -0.25) is 4.90 Å². The van der Waals surface area contributed by atoms with Gasteiger partial charge in [0.1, 0.15) is 0 Å². The van der Waals surface area contributed by atoms with E-state index in [1.54, 1.807) is 0 Å². The maximum Gasteiger partial charge on any atom is 0.0954 e. The first-order chi connectivity index (χ1) is 9.45. The SMILES string of the molecule is CN(C)CCCN(CCCN(C)C)CCCN(C)CO. The van der Waals surface area contributed by atoms with Gasteiger partial charge in [0.25, 0.3) is 0 Å². The Kier molecular flexibility index (Phi) is 12.4. The Morgan fingerprint density at radius 1 is 0.600 bits per heavy atom. The van der Waals surface area contributed by atoms with E-state index in [-0.39, 0.29) is 6.73 Å². The lowest BCUT2D eigenvalue weighted by molar-refractivity contribution is 0.125.